The first kappa shape index (κ1) is 17.3. The summed E-state index contributed by atoms with van der Waals surface area (Å²) in [6.45, 7) is 0.312. The second-order valence-electron chi connectivity index (χ2n) is 4.95. The first-order chi connectivity index (χ1) is 11.6. The van der Waals surface area contributed by atoms with Crippen molar-refractivity contribution in [3.05, 3.63) is 70.3 Å². The Hall–Kier alpha value is -3.09. The Kier molecular flexibility index (Phi) is 6.13. The van der Waals surface area contributed by atoms with Gasteiger partial charge in [0.25, 0.3) is 0 Å². The van der Waals surface area contributed by atoms with Gasteiger partial charge in [-0.15, -0.1) is 0 Å². The molecule has 0 radical (unpaired) electrons. The molecule has 0 aliphatic heterocycles. The molecule has 0 fully saturated rings. The Morgan fingerprint density at radius 1 is 1.17 bits per heavy atom. The molecular weight excluding hydrogens is 312 g/mol. The third kappa shape index (κ3) is 4.70. The summed E-state index contributed by atoms with van der Waals surface area (Å²) in [5.74, 6) is 0.189. The maximum absolute atomic E-state index is 11.2. The average Bonchev–Trinajstić information content (AvgIpc) is 2.61. The molecule has 0 heterocycles. The molecule has 2 aromatic rings. The van der Waals surface area contributed by atoms with Crippen molar-refractivity contribution in [3.8, 4) is 5.75 Å². The predicted molar refractivity (Wildman–Crippen MR) is 87.9 cm³/mol. The lowest BCUT2D eigenvalue weighted by Gasteiger charge is -2.19. The third-order valence-corrected chi connectivity index (χ3v) is 3.36. The second kappa shape index (κ2) is 8.52. The number of carbonyl (C=O) groups is 1. The van der Waals surface area contributed by atoms with Gasteiger partial charge in [-0.3, -0.25) is 10.1 Å². The molecule has 0 aliphatic carbocycles. The molecule has 0 saturated carbocycles. The Bertz CT molecular complexity index is 690. The molecule has 0 spiro atoms. The van der Waals surface area contributed by atoms with Gasteiger partial charge in [-0.2, -0.15) is 0 Å². The van der Waals surface area contributed by atoms with E-state index >= 15 is 0 Å². The standard InChI is InChI=1S/C17H18N2O5/c1-23-17(20)18-12-11-15(13-7-3-2-4-8-13)24-16-10-6-5-9-14(16)19(21)22/h2-10,15H,11-12H2,1H3,(H,18,20). The Morgan fingerprint density at radius 2 is 1.83 bits per heavy atom. The summed E-state index contributed by atoms with van der Waals surface area (Å²) in [6, 6.07) is 15.6. The van der Waals surface area contributed by atoms with E-state index in [1.165, 1.54) is 13.2 Å². The monoisotopic (exact) mass is 330 g/mol. The minimum absolute atomic E-state index is 0.0978. The number of hydrogen-bond acceptors (Lipinski definition) is 5. The van der Waals surface area contributed by atoms with E-state index in [1.807, 2.05) is 30.3 Å². The van der Waals surface area contributed by atoms with Crippen LogP contribution in [0.15, 0.2) is 54.6 Å². The highest BCUT2D eigenvalue weighted by molar-refractivity contribution is 5.66. The molecule has 7 nitrogen and oxygen atoms in total. The number of hydrogen-bond donors (Lipinski definition) is 1. The molecule has 2 rings (SSSR count). The van der Waals surface area contributed by atoms with Gasteiger partial charge >= 0.3 is 11.8 Å². The Balaban J connectivity index is 2.17. The van der Waals surface area contributed by atoms with Gasteiger partial charge in [0.2, 0.25) is 0 Å². The quantitative estimate of drug-likeness (QED) is 0.620. The van der Waals surface area contributed by atoms with Crippen molar-refractivity contribution in [1.82, 2.24) is 5.32 Å². The lowest BCUT2D eigenvalue weighted by Crippen LogP contribution is -2.26. The first-order valence-corrected chi connectivity index (χ1v) is 7.38. The Labute approximate surface area is 139 Å². The first-order valence-electron chi connectivity index (χ1n) is 7.38. The zero-order valence-electron chi connectivity index (χ0n) is 13.2. The maximum Gasteiger partial charge on any atom is 0.406 e. The maximum atomic E-state index is 11.2. The van der Waals surface area contributed by atoms with Crippen LogP contribution in [-0.2, 0) is 4.74 Å². The van der Waals surface area contributed by atoms with Crippen LogP contribution in [0.25, 0.3) is 0 Å². The largest absolute Gasteiger partial charge is 0.479 e. The SMILES string of the molecule is COC(=O)NCCC(Oc1ccccc1[N+](=O)[O-])c1ccccc1. The number of methoxy groups -OCH3 is 1. The summed E-state index contributed by atoms with van der Waals surface area (Å²) in [5.41, 5.74) is 0.765. The van der Waals surface area contributed by atoms with Crippen LogP contribution in [0.2, 0.25) is 0 Å². The van der Waals surface area contributed by atoms with Crippen molar-refractivity contribution in [2.24, 2.45) is 0 Å². The molecule has 0 bridgehead atoms. The number of nitro groups is 1. The lowest BCUT2D eigenvalue weighted by molar-refractivity contribution is -0.386. The van der Waals surface area contributed by atoms with Gasteiger partial charge in [0, 0.05) is 19.0 Å². The summed E-state index contributed by atoms with van der Waals surface area (Å²) in [6.07, 6.45) is -0.539. The van der Waals surface area contributed by atoms with E-state index in [2.05, 4.69) is 10.1 Å². The molecule has 126 valence electrons. The smallest absolute Gasteiger partial charge is 0.406 e. The molecule has 1 unspecified atom stereocenters. The van der Waals surface area contributed by atoms with Gasteiger partial charge in [-0.1, -0.05) is 42.5 Å². The number of amides is 1. The van der Waals surface area contributed by atoms with Crippen LogP contribution in [-0.4, -0.2) is 24.7 Å². The number of nitrogens with zero attached hydrogens (tertiary/aromatic N) is 1. The highest BCUT2D eigenvalue weighted by atomic mass is 16.6. The third-order valence-electron chi connectivity index (χ3n) is 3.36. The van der Waals surface area contributed by atoms with Gasteiger partial charge in [0.1, 0.15) is 6.10 Å². The fraction of sp³-hybridized carbons (Fsp3) is 0.235. The van der Waals surface area contributed by atoms with E-state index in [4.69, 9.17) is 4.74 Å². The van der Waals surface area contributed by atoms with Crippen molar-refractivity contribution >= 4 is 11.8 Å². The van der Waals surface area contributed by atoms with E-state index < -0.39 is 17.1 Å². The summed E-state index contributed by atoms with van der Waals surface area (Å²) < 4.78 is 10.4. The van der Waals surface area contributed by atoms with Crippen LogP contribution in [0.3, 0.4) is 0 Å². The van der Waals surface area contributed by atoms with E-state index in [1.54, 1.807) is 18.2 Å². The van der Waals surface area contributed by atoms with Crippen molar-refractivity contribution in [1.29, 1.82) is 0 Å². The molecule has 1 N–H and O–H groups in total. The fourth-order valence-corrected chi connectivity index (χ4v) is 2.20. The molecule has 1 atom stereocenters. The molecule has 2 aromatic carbocycles. The van der Waals surface area contributed by atoms with Gasteiger partial charge in [-0.05, 0) is 11.6 Å². The number of benzene rings is 2. The van der Waals surface area contributed by atoms with Crippen molar-refractivity contribution < 1.29 is 19.2 Å². The summed E-state index contributed by atoms with van der Waals surface area (Å²) in [5, 5.41) is 13.7. The van der Waals surface area contributed by atoms with Crippen molar-refractivity contribution in [2.45, 2.75) is 12.5 Å². The molecule has 1 amide bonds. The van der Waals surface area contributed by atoms with Gasteiger partial charge in [0.15, 0.2) is 5.75 Å². The van der Waals surface area contributed by atoms with E-state index in [0.717, 1.165) is 5.56 Å². The van der Waals surface area contributed by atoms with Crippen LogP contribution < -0.4 is 10.1 Å². The predicted octanol–water partition coefficient (Wildman–Crippen LogP) is 3.46. The number of ether oxygens (including phenoxy) is 2. The summed E-state index contributed by atoms with van der Waals surface area (Å²) >= 11 is 0. The minimum Gasteiger partial charge on any atom is -0.479 e. The zero-order valence-corrected chi connectivity index (χ0v) is 13.2. The van der Waals surface area contributed by atoms with Gasteiger partial charge in [-0.25, -0.2) is 4.79 Å². The van der Waals surface area contributed by atoms with Gasteiger partial charge < -0.3 is 14.8 Å². The van der Waals surface area contributed by atoms with Gasteiger partial charge in [0.05, 0.1) is 12.0 Å². The summed E-state index contributed by atoms with van der Waals surface area (Å²) in [7, 11) is 1.29. The fourth-order valence-electron chi connectivity index (χ4n) is 2.20. The molecule has 0 saturated heterocycles. The normalized spacial score (nSPS) is 11.4. The van der Waals surface area contributed by atoms with Crippen LogP contribution in [0.4, 0.5) is 10.5 Å². The number of nitro benzene ring substituents is 1. The number of alkyl carbamates (subject to hydrolysis) is 1. The highest BCUT2D eigenvalue weighted by Crippen LogP contribution is 2.31. The van der Waals surface area contributed by atoms with Crippen LogP contribution in [0.5, 0.6) is 5.75 Å². The van der Waals surface area contributed by atoms with E-state index in [-0.39, 0.29) is 11.4 Å². The van der Waals surface area contributed by atoms with Crippen molar-refractivity contribution in [3.63, 3.8) is 0 Å². The number of rotatable bonds is 7. The molecule has 0 aromatic heterocycles. The molecule has 0 aliphatic rings. The lowest BCUT2D eigenvalue weighted by atomic mass is 10.1. The zero-order chi connectivity index (χ0) is 17.4. The van der Waals surface area contributed by atoms with Crippen LogP contribution >= 0.6 is 0 Å². The van der Waals surface area contributed by atoms with Crippen LogP contribution in [0.1, 0.15) is 18.1 Å². The number of para-hydroxylation sites is 2. The number of carbonyl (C=O) groups excluding carboxylic acids is 1. The second-order valence-corrected chi connectivity index (χ2v) is 4.95. The molecule has 7 heteroatoms. The highest BCUT2D eigenvalue weighted by Gasteiger charge is 2.20. The molecule has 24 heavy (non-hydrogen) atoms. The van der Waals surface area contributed by atoms with E-state index in [9.17, 15) is 14.9 Å². The Morgan fingerprint density at radius 3 is 2.50 bits per heavy atom. The molecular formula is C17H18N2O5. The number of nitrogens with one attached hydrogen (secondary N) is 1. The van der Waals surface area contributed by atoms with E-state index in [0.29, 0.717) is 13.0 Å². The van der Waals surface area contributed by atoms with Crippen LogP contribution in [0, 0.1) is 10.1 Å². The summed E-state index contributed by atoms with van der Waals surface area (Å²) in [4.78, 5) is 21.8. The minimum atomic E-state index is -0.535. The topological polar surface area (TPSA) is 90.7 Å². The average molecular weight is 330 g/mol. The van der Waals surface area contributed by atoms with Crippen molar-refractivity contribution in [2.75, 3.05) is 13.7 Å².